The Balaban J connectivity index is 2.27. The summed E-state index contributed by atoms with van der Waals surface area (Å²) >= 11 is 6.27. The summed E-state index contributed by atoms with van der Waals surface area (Å²) in [6.07, 6.45) is 1.35. The molecule has 0 N–H and O–H groups in total. The predicted molar refractivity (Wildman–Crippen MR) is 80.7 cm³/mol. The molecular weight excluding hydrogens is 270 g/mol. The molecule has 2 heterocycles. The van der Waals surface area contributed by atoms with Crippen LogP contribution in [0.1, 0.15) is 23.7 Å². The van der Waals surface area contributed by atoms with Gasteiger partial charge in [-0.15, -0.1) is 0 Å². The molecule has 0 aliphatic carbocycles. The zero-order valence-electron chi connectivity index (χ0n) is 11.5. The van der Waals surface area contributed by atoms with Gasteiger partial charge in [0.25, 0.3) is 0 Å². The summed E-state index contributed by atoms with van der Waals surface area (Å²) in [6.45, 7) is 5.11. The molecule has 1 aliphatic heterocycles. The van der Waals surface area contributed by atoms with Crippen LogP contribution in [0.25, 0.3) is 10.9 Å². The zero-order chi connectivity index (χ0) is 14.1. The first-order chi connectivity index (χ1) is 9.74. The highest BCUT2D eigenvalue weighted by Crippen LogP contribution is 2.31. The maximum Gasteiger partial charge on any atom is 0.0894 e. The van der Waals surface area contributed by atoms with Crippen molar-refractivity contribution in [2.45, 2.75) is 26.3 Å². The fraction of sp³-hybridized carbons (Fsp3) is 0.375. The van der Waals surface area contributed by atoms with Crippen molar-refractivity contribution < 1.29 is 0 Å². The number of nitriles is 1. The van der Waals surface area contributed by atoms with E-state index < -0.39 is 0 Å². The molecule has 102 valence electrons. The highest BCUT2D eigenvalue weighted by atomic mass is 35.5. The third-order valence-electron chi connectivity index (χ3n) is 4.02. The summed E-state index contributed by atoms with van der Waals surface area (Å²) in [4.78, 5) is 7.15. The lowest BCUT2D eigenvalue weighted by Crippen LogP contribution is -2.31. The molecule has 4 heteroatoms. The minimum absolute atomic E-state index is 0.416. The molecule has 0 unspecified atom stereocenters. The van der Waals surface area contributed by atoms with Crippen LogP contribution in [0.3, 0.4) is 0 Å². The summed E-state index contributed by atoms with van der Waals surface area (Å²) in [5, 5.41) is 10.8. The summed E-state index contributed by atoms with van der Waals surface area (Å²) < 4.78 is 0. The van der Waals surface area contributed by atoms with E-state index in [0.29, 0.717) is 11.4 Å². The summed E-state index contributed by atoms with van der Waals surface area (Å²) in [6, 6.07) is 8.10. The van der Waals surface area contributed by atoms with E-state index >= 15 is 0 Å². The fourth-order valence-corrected chi connectivity index (χ4v) is 3.14. The first-order valence-electron chi connectivity index (χ1n) is 6.92. The SMILES string of the molecule is CCN1CCc2nc3c(Cl)cccc3c(CC#N)c2C1. The van der Waals surface area contributed by atoms with Crippen LogP contribution < -0.4 is 0 Å². The van der Waals surface area contributed by atoms with Crippen molar-refractivity contribution in [2.24, 2.45) is 0 Å². The first kappa shape index (κ1) is 13.4. The van der Waals surface area contributed by atoms with Crippen molar-refractivity contribution in [3.8, 4) is 6.07 Å². The van der Waals surface area contributed by atoms with Crippen molar-refractivity contribution in [1.29, 1.82) is 5.26 Å². The van der Waals surface area contributed by atoms with Gasteiger partial charge in [-0.05, 0) is 23.7 Å². The highest BCUT2D eigenvalue weighted by Gasteiger charge is 2.22. The highest BCUT2D eigenvalue weighted by molar-refractivity contribution is 6.35. The molecule has 2 aromatic rings. The Morgan fingerprint density at radius 1 is 1.45 bits per heavy atom. The van der Waals surface area contributed by atoms with Gasteiger partial charge in [0.05, 0.1) is 23.0 Å². The molecule has 0 bridgehead atoms. The number of fused-ring (bicyclic) bond motifs is 2. The van der Waals surface area contributed by atoms with Crippen LogP contribution >= 0.6 is 11.6 Å². The second kappa shape index (κ2) is 5.40. The van der Waals surface area contributed by atoms with Crippen molar-refractivity contribution >= 4 is 22.5 Å². The maximum absolute atomic E-state index is 9.16. The second-order valence-corrected chi connectivity index (χ2v) is 5.51. The van der Waals surface area contributed by atoms with E-state index in [4.69, 9.17) is 21.8 Å². The molecule has 20 heavy (non-hydrogen) atoms. The van der Waals surface area contributed by atoms with Crippen molar-refractivity contribution in [2.75, 3.05) is 13.1 Å². The Bertz CT molecular complexity index is 703. The maximum atomic E-state index is 9.16. The Morgan fingerprint density at radius 3 is 3.05 bits per heavy atom. The largest absolute Gasteiger partial charge is 0.299 e. The van der Waals surface area contributed by atoms with E-state index in [2.05, 4.69) is 17.9 Å². The summed E-state index contributed by atoms with van der Waals surface area (Å²) in [7, 11) is 0. The number of hydrogen-bond acceptors (Lipinski definition) is 3. The van der Waals surface area contributed by atoms with E-state index in [1.54, 1.807) is 0 Å². The Hall–Kier alpha value is -1.63. The van der Waals surface area contributed by atoms with E-state index in [1.807, 2.05) is 18.2 Å². The molecule has 1 aromatic carbocycles. The van der Waals surface area contributed by atoms with Gasteiger partial charge in [-0.3, -0.25) is 9.88 Å². The topological polar surface area (TPSA) is 39.9 Å². The van der Waals surface area contributed by atoms with Crippen LogP contribution in [-0.4, -0.2) is 23.0 Å². The van der Waals surface area contributed by atoms with Crippen molar-refractivity contribution in [3.05, 3.63) is 40.0 Å². The molecule has 1 aliphatic rings. The number of pyridine rings is 1. The van der Waals surface area contributed by atoms with E-state index in [0.717, 1.165) is 48.2 Å². The van der Waals surface area contributed by atoms with Crippen LogP contribution in [0.4, 0.5) is 0 Å². The number of benzene rings is 1. The standard InChI is InChI=1S/C16H16ClN3/c1-2-20-9-7-15-13(10-20)11(6-8-18)12-4-3-5-14(17)16(12)19-15/h3-5H,2,6-7,9-10H2,1H3. The van der Waals surface area contributed by atoms with E-state index in [9.17, 15) is 0 Å². The smallest absolute Gasteiger partial charge is 0.0894 e. The fourth-order valence-electron chi connectivity index (χ4n) is 2.92. The van der Waals surface area contributed by atoms with Gasteiger partial charge in [0.15, 0.2) is 0 Å². The van der Waals surface area contributed by atoms with E-state index in [-0.39, 0.29) is 0 Å². The third-order valence-corrected chi connectivity index (χ3v) is 4.33. The van der Waals surface area contributed by atoms with Gasteiger partial charge in [0.1, 0.15) is 0 Å². The number of aromatic nitrogens is 1. The minimum atomic E-state index is 0.416. The summed E-state index contributed by atoms with van der Waals surface area (Å²) in [5.41, 5.74) is 4.28. The second-order valence-electron chi connectivity index (χ2n) is 5.11. The first-order valence-corrected chi connectivity index (χ1v) is 7.30. The third kappa shape index (κ3) is 2.15. The lowest BCUT2D eigenvalue weighted by atomic mass is 9.94. The number of nitrogens with zero attached hydrogens (tertiary/aromatic N) is 3. The molecule has 0 radical (unpaired) electrons. The van der Waals surface area contributed by atoms with Crippen LogP contribution in [-0.2, 0) is 19.4 Å². The molecular formula is C16H16ClN3. The van der Waals surface area contributed by atoms with Crippen molar-refractivity contribution in [3.63, 3.8) is 0 Å². The Labute approximate surface area is 123 Å². The van der Waals surface area contributed by atoms with Gasteiger partial charge >= 0.3 is 0 Å². The number of hydrogen-bond donors (Lipinski definition) is 0. The number of likely N-dealkylation sites (N-methyl/N-ethyl adjacent to an activating group) is 1. The number of para-hydroxylation sites is 1. The summed E-state index contributed by atoms with van der Waals surface area (Å²) in [5.74, 6) is 0. The molecule has 0 atom stereocenters. The van der Waals surface area contributed by atoms with Crippen LogP contribution in [0.15, 0.2) is 18.2 Å². The molecule has 0 saturated carbocycles. The van der Waals surface area contributed by atoms with Gasteiger partial charge in [-0.25, -0.2) is 0 Å². The number of rotatable bonds is 2. The lowest BCUT2D eigenvalue weighted by molar-refractivity contribution is 0.265. The normalized spacial score (nSPS) is 15.1. The Kier molecular flexibility index (Phi) is 3.60. The quantitative estimate of drug-likeness (QED) is 0.850. The number of halogens is 1. The van der Waals surface area contributed by atoms with Gasteiger partial charge in [-0.1, -0.05) is 30.7 Å². The Morgan fingerprint density at radius 2 is 2.30 bits per heavy atom. The van der Waals surface area contributed by atoms with Gasteiger partial charge in [0.2, 0.25) is 0 Å². The monoisotopic (exact) mass is 285 g/mol. The molecule has 0 spiro atoms. The van der Waals surface area contributed by atoms with Gasteiger partial charge in [0, 0.05) is 30.6 Å². The minimum Gasteiger partial charge on any atom is -0.299 e. The van der Waals surface area contributed by atoms with E-state index in [1.165, 1.54) is 5.56 Å². The molecule has 3 rings (SSSR count). The van der Waals surface area contributed by atoms with Crippen LogP contribution in [0, 0.1) is 11.3 Å². The van der Waals surface area contributed by atoms with Gasteiger partial charge in [-0.2, -0.15) is 5.26 Å². The molecule has 0 fully saturated rings. The van der Waals surface area contributed by atoms with Gasteiger partial charge < -0.3 is 0 Å². The molecule has 0 saturated heterocycles. The molecule has 0 amide bonds. The molecule has 1 aromatic heterocycles. The molecule has 3 nitrogen and oxygen atoms in total. The van der Waals surface area contributed by atoms with Crippen molar-refractivity contribution in [1.82, 2.24) is 9.88 Å². The average molecular weight is 286 g/mol. The zero-order valence-corrected chi connectivity index (χ0v) is 12.2. The van der Waals surface area contributed by atoms with Crippen LogP contribution in [0.2, 0.25) is 5.02 Å². The predicted octanol–water partition coefficient (Wildman–Crippen LogP) is 3.33. The average Bonchev–Trinajstić information content (AvgIpc) is 2.48. The van der Waals surface area contributed by atoms with Crippen LogP contribution in [0.5, 0.6) is 0 Å². The lowest BCUT2D eigenvalue weighted by Gasteiger charge is -2.29.